The lowest BCUT2D eigenvalue weighted by molar-refractivity contribution is -0.681. The van der Waals surface area contributed by atoms with E-state index in [2.05, 4.69) is 0 Å². The van der Waals surface area contributed by atoms with Crippen LogP contribution >= 0.6 is 12.2 Å². The number of nitrogens with two attached hydrogens (primary N) is 1. The molecule has 3 nitrogen and oxygen atoms in total. The SMILES string of the molecule is NC(=O)c1ccc[n+](CC(=S)[S-])c1. The lowest BCUT2D eigenvalue weighted by Gasteiger charge is -2.00. The largest absolute Gasteiger partial charge is 0.427 e. The van der Waals surface area contributed by atoms with E-state index in [4.69, 9.17) is 30.6 Å². The van der Waals surface area contributed by atoms with Gasteiger partial charge in [-0.3, -0.25) is 4.79 Å². The number of carbonyl (C=O) groups excluding carboxylic acids is 1. The van der Waals surface area contributed by atoms with Crippen LogP contribution in [-0.2, 0) is 19.2 Å². The quantitative estimate of drug-likeness (QED) is 0.434. The Morgan fingerprint density at radius 1 is 1.69 bits per heavy atom. The molecule has 0 fully saturated rings. The predicted molar refractivity (Wildman–Crippen MR) is 55.1 cm³/mol. The number of thiocarbonyl (C=S) groups is 1. The van der Waals surface area contributed by atoms with Crippen molar-refractivity contribution in [3.63, 3.8) is 0 Å². The van der Waals surface area contributed by atoms with Gasteiger partial charge < -0.3 is 30.6 Å². The lowest BCUT2D eigenvalue weighted by Crippen LogP contribution is -2.37. The summed E-state index contributed by atoms with van der Waals surface area (Å²) < 4.78 is 2.18. The minimum absolute atomic E-state index is 0.450. The van der Waals surface area contributed by atoms with Gasteiger partial charge >= 0.3 is 0 Å². The Morgan fingerprint density at radius 3 is 2.92 bits per heavy atom. The Kier molecular flexibility index (Phi) is 3.27. The van der Waals surface area contributed by atoms with Crippen LogP contribution in [0.5, 0.6) is 0 Å². The molecule has 0 radical (unpaired) electrons. The molecular weight excluding hydrogens is 204 g/mol. The molecule has 13 heavy (non-hydrogen) atoms. The molecule has 0 aromatic carbocycles. The fourth-order valence-corrected chi connectivity index (χ4v) is 1.21. The van der Waals surface area contributed by atoms with Crippen LogP contribution in [0.15, 0.2) is 24.5 Å². The maximum Gasteiger partial charge on any atom is 0.254 e. The van der Waals surface area contributed by atoms with Gasteiger partial charge in [-0.05, 0) is 6.07 Å². The maximum atomic E-state index is 10.8. The Balaban J connectivity index is 2.91. The Hall–Kier alpha value is -1.07. The number of hydrogen-bond donors (Lipinski definition) is 1. The number of primary amides is 1. The highest BCUT2D eigenvalue weighted by Crippen LogP contribution is 1.91. The molecule has 68 valence electrons. The van der Waals surface area contributed by atoms with Gasteiger partial charge in [-0.1, -0.05) is 4.20 Å². The topological polar surface area (TPSA) is 47.0 Å². The number of carbonyl (C=O) groups is 1. The molecule has 1 aromatic heterocycles. The molecule has 2 N–H and O–H groups in total. The molecule has 1 aromatic rings. The van der Waals surface area contributed by atoms with Crippen LogP contribution in [0.2, 0.25) is 0 Å². The number of rotatable bonds is 3. The first-order chi connectivity index (χ1) is 6.09. The zero-order valence-corrected chi connectivity index (χ0v) is 8.40. The van der Waals surface area contributed by atoms with Crippen LogP contribution in [0.1, 0.15) is 10.4 Å². The second-order valence-electron chi connectivity index (χ2n) is 2.50. The molecule has 0 unspecified atom stereocenters. The van der Waals surface area contributed by atoms with Crippen molar-refractivity contribution in [3.8, 4) is 0 Å². The molecule has 0 atom stereocenters. The van der Waals surface area contributed by atoms with Crippen molar-refractivity contribution in [2.75, 3.05) is 0 Å². The summed E-state index contributed by atoms with van der Waals surface area (Å²) in [6.45, 7) is 0.450. The molecule has 1 rings (SSSR count). The molecule has 1 amide bonds. The third-order valence-electron chi connectivity index (χ3n) is 1.45. The van der Waals surface area contributed by atoms with E-state index >= 15 is 0 Å². The summed E-state index contributed by atoms with van der Waals surface area (Å²) in [6, 6.07) is 3.37. The van der Waals surface area contributed by atoms with E-state index in [0.717, 1.165) is 0 Å². The first-order valence-electron chi connectivity index (χ1n) is 3.58. The van der Waals surface area contributed by atoms with Crippen molar-refractivity contribution < 1.29 is 9.36 Å². The highest BCUT2D eigenvalue weighted by Gasteiger charge is 2.05. The van der Waals surface area contributed by atoms with Crippen LogP contribution in [0, 0.1) is 0 Å². The second kappa shape index (κ2) is 4.25. The van der Waals surface area contributed by atoms with E-state index < -0.39 is 5.91 Å². The summed E-state index contributed by atoms with van der Waals surface area (Å²) in [4.78, 5) is 10.8. The van der Waals surface area contributed by atoms with Gasteiger partial charge in [-0.15, -0.1) is 0 Å². The molecule has 0 aliphatic rings. The highest BCUT2D eigenvalue weighted by atomic mass is 32.1. The van der Waals surface area contributed by atoms with Gasteiger partial charge in [0.15, 0.2) is 18.9 Å². The van der Waals surface area contributed by atoms with Gasteiger partial charge in [0.25, 0.3) is 5.91 Å². The number of pyridine rings is 1. The first-order valence-corrected chi connectivity index (χ1v) is 4.40. The zero-order chi connectivity index (χ0) is 9.84. The van der Waals surface area contributed by atoms with Crippen LogP contribution in [0.4, 0.5) is 0 Å². The molecule has 0 aliphatic heterocycles. The summed E-state index contributed by atoms with van der Waals surface area (Å²) in [5.41, 5.74) is 5.55. The number of amides is 1. The van der Waals surface area contributed by atoms with Crippen LogP contribution < -0.4 is 10.3 Å². The maximum absolute atomic E-state index is 10.8. The van der Waals surface area contributed by atoms with E-state index in [0.29, 0.717) is 16.3 Å². The lowest BCUT2D eigenvalue weighted by atomic mass is 10.3. The van der Waals surface area contributed by atoms with Crippen molar-refractivity contribution in [2.24, 2.45) is 5.73 Å². The number of aromatic nitrogens is 1. The standard InChI is InChI=1S/C8H8N2OS2/c9-8(11)6-2-1-3-10(4-6)5-7(12)13/h1-4H,5H2,(H2-,9,11,12,13). The third-order valence-corrected chi connectivity index (χ3v) is 1.71. The molecular formula is C8H8N2OS2. The van der Waals surface area contributed by atoms with Gasteiger partial charge in [0.05, 0.1) is 0 Å². The van der Waals surface area contributed by atoms with E-state index in [-0.39, 0.29) is 0 Å². The summed E-state index contributed by atoms with van der Waals surface area (Å²) in [7, 11) is 0. The van der Waals surface area contributed by atoms with E-state index in [1.54, 1.807) is 29.1 Å². The second-order valence-corrected chi connectivity index (χ2v) is 3.75. The Bertz CT molecular complexity index is 352. The normalized spacial score (nSPS) is 9.54. The molecule has 0 saturated heterocycles. The van der Waals surface area contributed by atoms with Crippen molar-refractivity contribution in [1.29, 1.82) is 0 Å². The molecule has 0 saturated carbocycles. The molecule has 0 spiro atoms. The fraction of sp³-hybridized carbons (Fsp3) is 0.125. The van der Waals surface area contributed by atoms with Crippen LogP contribution in [0.25, 0.3) is 0 Å². The first kappa shape index (κ1) is 10.0. The highest BCUT2D eigenvalue weighted by molar-refractivity contribution is 8.00. The zero-order valence-electron chi connectivity index (χ0n) is 6.77. The van der Waals surface area contributed by atoms with E-state index in [9.17, 15) is 4.79 Å². The van der Waals surface area contributed by atoms with Gasteiger partial charge in [0.1, 0.15) is 5.56 Å². The average Bonchev–Trinajstić information content (AvgIpc) is 2.03. The minimum Gasteiger partial charge on any atom is -0.427 e. The molecule has 5 heteroatoms. The summed E-state index contributed by atoms with van der Waals surface area (Å²) in [6.07, 6.45) is 3.41. The van der Waals surface area contributed by atoms with Gasteiger partial charge in [0.2, 0.25) is 0 Å². The van der Waals surface area contributed by atoms with Gasteiger partial charge in [0, 0.05) is 6.07 Å². The monoisotopic (exact) mass is 212 g/mol. The smallest absolute Gasteiger partial charge is 0.254 e. The molecule has 0 bridgehead atoms. The van der Waals surface area contributed by atoms with E-state index in [1.165, 1.54) is 0 Å². The summed E-state index contributed by atoms with van der Waals surface area (Å²) in [5.74, 6) is -0.454. The number of nitrogens with zero attached hydrogens (tertiary/aromatic N) is 1. The summed E-state index contributed by atoms with van der Waals surface area (Å²) >= 11 is 9.53. The summed E-state index contributed by atoms with van der Waals surface area (Å²) in [5, 5.41) is 0. The Morgan fingerprint density at radius 2 is 2.38 bits per heavy atom. The van der Waals surface area contributed by atoms with Crippen LogP contribution in [-0.4, -0.2) is 10.1 Å². The molecule has 1 heterocycles. The van der Waals surface area contributed by atoms with Gasteiger partial charge in [-0.25, -0.2) is 4.57 Å². The van der Waals surface area contributed by atoms with Crippen molar-refractivity contribution in [3.05, 3.63) is 30.1 Å². The van der Waals surface area contributed by atoms with E-state index in [1.807, 2.05) is 0 Å². The van der Waals surface area contributed by atoms with Crippen molar-refractivity contribution in [2.45, 2.75) is 6.54 Å². The third kappa shape index (κ3) is 3.04. The molecule has 0 aliphatic carbocycles. The predicted octanol–water partition coefficient (Wildman–Crippen LogP) is -0.0527. The van der Waals surface area contributed by atoms with Crippen molar-refractivity contribution >= 4 is 35.0 Å². The average molecular weight is 212 g/mol. The van der Waals surface area contributed by atoms with Crippen molar-refractivity contribution in [1.82, 2.24) is 0 Å². The number of hydrogen-bond acceptors (Lipinski definition) is 3. The van der Waals surface area contributed by atoms with Gasteiger partial charge in [-0.2, -0.15) is 0 Å². The fourth-order valence-electron chi connectivity index (χ4n) is 0.915. The van der Waals surface area contributed by atoms with Crippen LogP contribution in [0.3, 0.4) is 0 Å². The minimum atomic E-state index is -0.454. The Labute approximate surface area is 87.0 Å².